The molecular formula is C20H24N2O4. The Morgan fingerprint density at radius 2 is 2.15 bits per heavy atom. The number of hydrogen-bond acceptors (Lipinski definition) is 5. The fourth-order valence-corrected chi connectivity index (χ4v) is 2.70. The Morgan fingerprint density at radius 3 is 2.69 bits per heavy atom. The first kappa shape index (κ1) is 21.0. The minimum absolute atomic E-state index is 0.0319. The third kappa shape index (κ3) is 4.31. The number of hydrogen-bond donors (Lipinski definition) is 1. The first-order valence-electron chi connectivity index (χ1n) is 8.10. The Morgan fingerprint density at radius 1 is 1.46 bits per heavy atom. The number of nitrogens with zero attached hydrogens (tertiary/aromatic N) is 1. The van der Waals surface area contributed by atoms with E-state index < -0.39 is 5.54 Å². The molecular weight excluding hydrogens is 332 g/mol. The molecule has 138 valence electrons. The third-order valence-corrected chi connectivity index (χ3v) is 4.40. The van der Waals surface area contributed by atoms with Gasteiger partial charge in [-0.1, -0.05) is 24.6 Å². The van der Waals surface area contributed by atoms with E-state index in [9.17, 15) is 14.4 Å². The van der Waals surface area contributed by atoms with Gasteiger partial charge in [-0.3, -0.25) is 9.59 Å². The van der Waals surface area contributed by atoms with Gasteiger partial charge in [-0.05, 0) is 19.4 Å². The summed E-state index contributed by atoms with van der Waals surface area (Å²) in [6.07, 6.45) is 7.20. The van der Waals surface area contributed by atoms with Crippen molar-refractivity contribution >= 4 is 24.2 Å². The monoisotopic (exact) mass is 356 g/mol. The summed E-state index contributed by atoms with van der Waals surface area (Å²) in [5.41, 5.74) is 0.204. The van der Waals surface area contributed by atoms with Crippen LogP contribution in [0.5, 0.6) is 5.75 Å². The molecule has 26 heavy (non-hydrogen) atoms. The van der Waals surface area contributed by atoms with Gasteiger partial charge < -0.3 is 19.7 Å². The Labute approximate surface area is 154 Å². The van der Waals surface area contributed by atoms with Crippen LogP contribution in [-0.2, 0) is 9.59 Å². The summed E-state index contributed by atoms with van der Waals surface area (Å²) in [6, 6.07) is 4.99. The van der Waals surface area contributed by atoms with E-state index in [1.165, 1.54) is 7.05 Å². The van der Waals surface area contributed by atoms with Crippen molar-refractivity contribution in [3.63, 3.8) is 0 Å². The quantitative estimate of drug-likeness (QED) is 0.512. The van der Waals surface area contributed by atoms with Gasteiger partial charge in [0.05, 0.1) is 0 Å². The number of carbonyl (C=O) groups is 3. The molecule has 6 nitrogen and oxygen atoms in total. The van der Waals surface area contributed by atoms with Crippen LogP contribution in [0.2, 0.25) is 0 Å². The van der Waals surface area contributed by atoms with Crippen LogP contribution in [0, 0.1) is 12.3 Å². The van der Waals surface area contributed by atoms with Crippen molar-refractivity contribution < 1.29 is 19.1 Å². The predicted octanol–water partition coefficient (Wildman–Crippen LogP) is 1.90. The summed E-state index contributed by atoms with van der Waals surface area (Å²) >= 11 is 0. The maximum atomic E-state index is 12.5. The average Bonchev–Trinajstić information content (AvgIpc) is 2.67. The van der Waals surface area contributed by atoms with Gasteiger partial charge in [0, 0.05) is 37.3 Å². The van der Waals surface area contributed by atoms with Crippen LogP contribution >= 0.6 is 0 Å². The number of terminal acetylenes is 1. The van der Waals surface area contributed by atoms with E-state index in [2.05, 4.69) is 17.8 Å². The Hall–Kier alpha value is -3.07. The number of carbonyl (C=O) groups excluding carboxylic acids is 3. The van der Waals surface area contributed by atoms with Gasteiger partial charge in [0.2, 0.25) is 5.91 Å². The minimum atomic E-state index is -1.04. The van der Waals surface area contributed by atoms with Crippen molar-refractivity contribution in [3.05, 3.63) is 35.9 Å². The summed E-state index contributed by atoms with van der Waals surface area (Å²) < 4.78 is 5.54. The van der Waals surface area contributed by atoms with Crippen molar-refractivity contribution in [2.45, 2.75) is 25.3 Å². The number of ether oxygens (including phenoxy) is 1. The van der Waals surface area contributed by atoms with Crippen LogP contribution in [0.25, 0.3) is 5.70 Å². The van der Waals surface area contributed by atoms with E-state index in [1.54, 1.807) is 37.1 Å². The highest BCUT2D eigenvalue weighted by molar-refractivity contribution is 5.91. The summed E-state index contributed by atoms with van der Waals surface area (Å²) in [5.74, 6) is 2.51. The van der Waals surface area contributed by atoms with Gasteiger partial charge in [0.25, 0.3) is 0 Å². The third-order valence-electron chi connectivity index (χ3n) is 4.40. The first-order chi connectivity index (χ1) is 12.4. The largest absolute Gasteiger partial charge is 0.480 e. The van der Waals surface area contributed by atoms with Crippen LogP contribution in [0.1, 0.15) is 35.7 Å². The molecule has 1 aromatic rings. The molecule has 0 aliphatic rings. The first-order valence-corrected chi connectivity index (χ1v) is 8.10. The molecule has 1 rings (SSSR count). The summed E-state index contributed by atoms with van der Waals surface area (Å²) in [5, 5.41) is 2.61. The van der Waals surface area contributed by atoms with Gasteiger partial charge in [-0.15, -0.1) is 6.42 Å². The molecule has 0 aliphatic heterocycles. The predicted molar refractivity (Wildman–Crippen MR) is 101 cm³/mol. The minimum Gasteiger partial charge on any atom is -0.480 e. The lowest BCUT2D eigenvalue weighted by molar-refractivity contribution is -0.130. The highest BCUT2D eigenvalue weighted by Crippen LogP contribution is 2.34. The van der Waals surface area contributed by atoms with Gasteiger partial charge in [-0.25, -0.2) is 0 Å². The molecule has 1 unspecified atom stereocenters. The normalized spacial score (nSPS) is 12.2. The number of benzene rings is 1. The number of amides is 1. The zero-order chi connectivity index (χ0) is 19.7. The van der Waals surface area contributed by atoms with Gasteiger partial charge in [0.1, 0.15) is 24.2 Å². The van der Waals surface area contributed by atoms with E-state index in [0.717, 1.165) is 6.29 Å². The maximum Gasteiger partial charge on any atom is 0.245 e. The van der Waals surface area contributed by atoms with Crippen LogP contribution < -0.4 is 10.1 Å². The van der Waals surface area contributed by atoms with Crippen LogP contribution in [0.15, 0.2) is 24.8 Å². The second kappa shape index (κ2) is 9.42. The average molecular weight is 356 g/mol. The van der Waals surface area contributed by atoms with E-state index in [-0.39, 0.29) is 25.4 Å². The van der Waals surface area contributed by atoms with Gasteiger partial charge in [0.15, 0.2) is 6.29 Å². The molecule has 1 atom stereocenters. The molecule has 0 aliphatic carbocycles. The van der Waals surface area contributed by atoms with Crippen molar-refractivity contribution in [1.82, 2.24) is 10.2 Å². The van der Waals surface area contributed by atoms with Crippen molar-refractivity contribution in [2.24, 2.45) is 0 Å². The second-order valence-corrected chi connectivity index (χ2v) is 5.90. The van der Waals surface area contributed by atoms with Crippen molar-refractivity contribution in [2.75, 3.05) is 20.7 Å². The van der Waals surface area contributed by atoms with Crippen LogP contribution in [-0.4, -0.2) is 49.6 Å². The summed E-state index contributed by atoms with van der Waals surface area (Å²) in [4.78, 5) is 36.5. The molecule has 0 fully saturated rings. The number of nitrogens with one attached hydrogen (secondary N) is 1. The number of aldehydes is 2. The highest BCUT2D eigenvalue weighted by Gasteiger charge is 2.38. The Balaban J connectivity index is 3.39. The van der Waals surface area contributed by atoms with E-state index >= 15 is 0 Å². The number of rotatable bonds is 10. The Bertz CT molecular complexity index is 736. The van der Waals surface area contributed by atoms with Gasteiger partial charge >= 0.3 is 0 Å². The molecule has 1 amide bonds. The molecule has 0 bridgehead atoms. The lowest BCUT2D eigenvalue weighted by Crippen LogP contribution is -2.54. The second-order valence-electron chi connectivity index (χ2n) is 5.90. The highest BCUT2D eigenvalue weighted by atomic mass is 16.5. The molecule has 0 aromatic heterocycles. The van der Waals surface area contributed by atoms with Crippen LogP contribution in [0.4, 0.5) is 0 Å². The molecule has 1 aromatic carbocycles. The summed E-state index contributed by atoms with van der Waals surface area (Å²) in [7, 11) is 3.22. The van der Waals surface area contributed by atoms with E-state index in [0.29, 0.717) is 28.9 Å². The smallest absolute Gasteiger partial charge is 0.245 e. The zero-order valence-corrected chi connectivity index (χ0v) is 15.4. The molecule has 0 spiro atoms. The molecule has 1 N–H and O–H groups in total. The molecule has 0 heterocycles. The van der Waals surface area contributed by atoms with Crippen molar-refractivity contribution in [3.8, 4) is 18.1 Å². The number of likely N-dealkylation sites (N-methyl/N-ethyl adjacent to an activating group) is 2. The molecule has 0 saturated carbocycles. The molecule has 0 saturated heterocycles. The fourth-order valence-electron chi connectivity index (χ4n) is 2.70. The van der Waals surface area contributed by atoms with Crippen LogP contribution in [0.3, 0.4) is 0 Å². The Kier molecular flexibility index (Phi) is 7.60. The SMILES string of the molecule is C#CCOc1cccc(C=O)c1C(=C)N(C)C(C)(CCC=O)C(=O)NC. The summed E-state index contributed by atoms with van der Waals surface area (Å²) in [6.45, 7) is 5.81. The zero-order valence-electron chi connectivity index (χ0n) is 15.4. The van der Waals surface area contributed by atoms with E-state index in [4.69, 9.17) is 11.2 Å². The van der Waals surface area contributed by atoms with Gasteiger partial charge in [-0.2, -0.15) is 0 Å². The molecule has 0 radical (unpaired) electrons. The topological polar surface area (TPSA) is 75.7 Å². The lowest BCUT2D eigenvalue weighted by Gasteiger charge is -2.40. The fraction of sp³-hybridized carbons (Fsp3) is 0.350. The maximum absolute atomic E-state index is 12.5. The standard InChI is InChI=1S/C20H24N2O4/c1-6-13-26-17-10-7-9-16(14-24)18(17)15(2)22(5)20(3,11-8-12-23)19(25)21-4/h1,7,9-10,12,14H,2,8,11,13H2,3-5H3,(H,21,25). The molecule has 6 heteroatoms. The van der Waals surface area contributed by atoms with Crippen molar-refractivity contribution in [1.29, 1.82) is 0 Å². The lowest BCUT2D eigenvalue weighted by atomic mass is 9.91. The van der Waals surface area contributed by atoms with E-state index in [1.807, 2.05) is 0 Å².